The fourth-order valence-electron chi connectivity index (χ4n) is 2.61. The van der Waals surface area contributed by atoms with Crippen LogP contribution < -0.4 is 15.4 Å². The van der Waals surface area contributed by atoms with Crippen LogP contribution in [0.3, 0.4) is 0 Å². The fraction of sp³-hybridized carbons (Fsp3) is 0.611. The number of halogens is 4. The number of carbonyl (C=O) groups excluding carboxylic acids is 1. The van der Waals surface area contributed by atoms with Crippen molar-refractivity contribution < 1.29 is 22.7 Å². The molecule has 2 rings (SSSR count). The summed E-state index contributed by atoms with van der Waals surface area (Å²) in [5.74, 6) is -0.0535. The molecule has 1 amide bonds. The minimum Gasteiger partial charge on any atom is -0.488 e. The van der Waals surface area contributed by atoms with Gasteiger partial charge in [0.05, 0.1) is 5.56 Å². The Kier molecular flexibility index (Phi) is 7.36. The van der Waals surface area contributed by atoms with E-state index in [0.717, 1.165) is 19.2 Å². The van der Waals surface area contributed by atoms with E-state index in [4.69, 9.17) is 4.74 Å². The van der Waals surface area contributed by atoms with E-state index in [-0.39, 0.29) is 48.0 Å². The first-order valence-corrected chi connectivity index (χ1v) is 8.35. The van der Waals surface area contributed by atoms with Gasteiger partial charge in [-0.25, -0.2) is 0 Å². The highest BCUT2D eigenvalue weighted by Crippen LogP contribution is 2.35. The van der Waals surface area contributed by atoms with Gasteiger partial charge in [-0.1, -0.05) is 13.0 Å². The number of benzene rings is 1. The van der Waals surface area contributed by atoms with Crippen LogP contribution in [0.5, 0.6) is 5.75 Å². The highest BCUT2D eigenvalue weighted by molar-refractivity contribution is 5.85. The molecular formula is C18H26ClF3N2O2. The summed E-state index contributed by atoms with van der Waals surface area (Å²) in [5, 5.41) is 5.70. The molecule has 1 aliphatic heterocycles. The van der Waals surface area contributed by atoms with Gasteiger partial charge in [0.1, 0.15) is 11.4 Å². The third-order valence-corrected chi connectivity index (χ3v) is 4.20. The van der Waals surface area contributed by atoms with E-state index in [1.807, 2.05) is 0 Å². The predicted octanol–water partition coefficient (Wildman–Crippen LogP) is 3.78. The molecule has 0 aliphatic carbocycles. The van der Waals surface area contributed by atoms with Gasteiger partial charge in [-0.05, 0) is 57.5 Å². The van der Waals surface area contributed by atoms with Crippen molar-refractivity contribution in [3.05, 3.63) is 29.3 Å². The van der Waals surface area contributed by atoms with Gasteiger partial charge in [-0.15, -0.1) is 12.4 Å². The first kappa shape index (κ1) is 22.6. The number of carbonyl (C=O) groups is 1. The molecule has 0 aromatic heterocycles. The van der Waals surface area contributed by atoms with Crippen LogP contribution in [0, 0.1) is 11.8 Å². The predicted molar refractivity (Wildman–Crippen MR) is 96.4 cm³/mol. The third-order valence-electron chi connectivity index (χ3n) is 4.20. The molecule has 148 valence electrons. The SMILES string of the molecule is CC(C(=O)NCc1ccc(OC(C)(C)C)cc1C(F)(F)F)C1CNC1.Cl. The summed E-state index contributed by atoms with van der Waals surface area (Å²) >= 11 is 0. The zero-order valence-corrected chi connectivity index (χ0v) is 16.2. The van der Waals surface area contributed by atoms with Gasteiger partial charge in [0.15, 0.2) is 0 Å². The molecule has 1 heterocycles. The van der Waals surface area contributed by atoms with Gasteiger partial charge in [0, 0.05) is 12.5 Å². The molecule has 0 bridgehead atoms. The normalized spacial score (nSPS) is 16.3. The first-order chi connectivity index (χ1) is 11.5. The lowest BCUT2D eigenvalue weighted by molar-refractivity contribution is -0.138. The van der Waals surface area contributed by atoms with Crippen LogP contribution in [0.4, 0.5) is 13.2 Å². The Morgan fingerprint density at radius 3 is 2.38 bits per heavy atom. The van der Waals surface area contributed by atoms with Crippen LogP contribution in [0.15, 0.2) is 18.2 Å². The molecule has 1 fully saturated rings. The topological polar surface area (TPSA) is 50.4 Å². The summed E-state index contributed by atoms with van der Waals surface area (Å²) in [4.78, 5) is 12.1. The van der Waals surface area contributed by atoms with Crippen molar-refractivity contribution in [3.63, 3.8) is 0 Å². The van der Waals surface area contributed by atoms with Gasteiger partial charge >= 0.3 is 6.18 Å². The molecule has 8 heteroatoms. The van der Waals surface area contributed by atoms with Crippen molar-refractivity contribution in [2.45, 2.75) is 46.0 Å². The van der Waals surface area contributed by atoms with Gasteiger partial charge in [0.25, 0.3) is 0 Å². The third kappa shape index (κ3) is 6.06. The lowest BCUT2D eigenvalue weighted by Crippen LogP contribution is -2.49. The zero-order valence-electron chi connectivity index (χ0n) is 15.4. The van der Waals surface area contributed by atoms with Crippen LogP contribution in [0.2, 0.25) is 0 Å². The van der Waals surface area contributed by atoms with Crippen molar-refractivity contribution >= 4 is 18.3 Å². The maximum atomic E-state index is 13.4. The molecule has 1 atom stereocenters. The van der Waals surface area contributed by atoms with Crippen molar-refractivity contribution in [1.82, 2.24) is 10.6 Å². The van der Waals surface area contributed by atoms with Crippen molar-refractivity contribution in [2.24, 2.45) is 11.8 Å². The quantitative estimate of drug-likeness (QED) is 0.799. The molecule has 0 radical (unpaired) electrons. The summed E-state index contributed by atoms with van der Waals surface area (Å²) in [5.41, 5.74) is -1.35. The summed E-state index contributed by atoms with van der Waals surface area (Å²) in [6.45, 7) is 8.48. The second-order valence-electron chi connectivity index (χ2n) is 7.46. The van der Waals surface area contributed by atoms with Gasteiger partial charge in [0.2, 0.25) is 5.91 Å². The number of rotatable bonds is 5. The Balaban J connectivity index is 0.00000338. The maximum Gasteiger partial charge on any atom is 0.416 e. The minimum atomic E-state index is -4.51. The van der Waals surface area contributed by atoms with Crippen LogP contribution in [-0.4, -0.2) is 24.6 Å². The fourth-order valence-corrected chi connectivity index (χ4v) is 2.61. The highest BCUT2D eigenvalue weighted by atomic mass is 35.5. The Morgan fingerprint density at radius 2 is 1.92 bits per heavy atom. The molecular weight excluding hydrogens is 369 g/mol. The van der Waals surface area contributed by atoms with Gasteiger partial charge in [-0.2, -0.15) is 13.2 Å². The van der Waals surface area contributed by atoms with E-state index >= 15 is 0 Å². The number of nitrogens with one attached hydrogen (secondary N) is 2. The molecule has 1 unspecified atom stereocenters. The molecule has 1 aliphatic rings. The number of hydrogen-bond donors (Lipinski definition) is 2. The Morgan fingerprint density at radius 1 is 1.31 bits per heavy atom. The largest absolute Gasteiger partial charge is 0.488 e. The summed E-state index contributed by atoms with van der Waals surface area (Å²) in [6.07, 6.45) is -4.51. The standard InChI is InChI=1S/C18H25F3N2O2.ClH/c1-11(13-8-22-9-13)16(24)23-10-12-5-6-14(25-17(2,3)4)7-15(12)18(19,20)21;/h5-7,11,13,22H,8-10H2,1-4H3,(H,23,24);1H. The molecule has 1 aromatic rings. The van der Waals surface area contributed by atoms with Crippen LogP contribution in [-0.2, 0) is 17.5 Å². The number of ether oxygens (including phenoxy) is 1. The summed E-state index contributed by atoms with van der Waals surface area (Å²) in [6, 6.07) is 3.85. The maximum absolute atomic E-state index is 13.4. The molecule has 0 saturated carbocycles. The van der Waals surface area contributed by atoms with E-state index in [9.17, 15) is 18.0 Å². The van der Waals surface area contributed by atoms with E-state index < -0.39 is 17.3 Å². The van der Waals surface area contributed by atoms with Crippen molar-refractivity contribution in [2.75, 3.05) is 13.1 Å². The number of hydrogen-bond acceptors (Lipinski definition) is 3. The average Bonchev–Trinajstić information content (AvgIpc) is 2.40. The molecule has 4 nitrogen and oxygen atoms in total. The van der Waals surface area contributed by atoms with Crippen LogP contribution >= 0.6 is 12.4 Å². The monoisotopic (exact) mass is 394 g/mol. The van der Waals surface area contributed by atoms with Crippen LogP contribution in [0.1, 0.15) is 38.8 Å². The Hall–Kier alpha value is -1.47. The first-order valence-electron chi connectivity index (χ1n) is 8.35. The van der Waals surface area contributed by atoms with E-state index in [0.29, 0.717) is 0 Å². The van der Waals surface area contributed by atoms with Crippen LogP contribution in [0.25, 0.3) is 0 Å². The molecule has 1 aromatic carbocycles. The molecule has 1 saturated heterocycles. The smallest absolute Gasteiger partial charge is 0.416 e. The van der Waals surface area contributed by atoms with E-state index in [1.165, 1.54) is 12.1 Å². The van der Waals surface area contributed by atoms with Crippen molar-refractivity contribution in [1.29, 1.82) is 0 Å². The minimum absolute atomic E-state index is 0. The second-order valence-corrected chi connectivity index (χ2v) is 7.46. The molecule has 0 spiro atoms. The van der Waals surface area contributed by atoms with E-state index in [1.54, 1.807) is 27.7 Å². The molecule has 2 N–H and O–H groups in total. The Labute approximate surface area is 158 Å². The highest BCUT2D eigenvalue weighted by Gasteiger charge is 2.34. The van der Waals surface area contributed by atoms with Gasteiger partial charge in [-0.3, -0.25) is 4.79 Å². The Bertz CT molecular complexity index is 626. The summed E-state index contributed by atoms with van der Waals surface area (Å²) < 4.78 is 45.6. The average molecular weight is 395 g/mol. The van der Waals surface area contributed by atoms with Gasteiger partial charge < -0.3 is 15.4 Å². The second kappa shape index (κ2) is 8.48. The number of amides is 1. The zero-order chi connectivity index (χ0) is 18.8. The lowest BCUT2D eigenvalue weighted by Gasteiger charge is -2.31. The number of alkyl halides is 3. The van der Waals surface area contributed by atoms with E-state index in [2.05, 4.69) is 10.6 Å². The lowest BCUT2D eigenvalue weighted by atomic mass is 9.88. The van der Waals surface area contributed by atoms with Crippen molar-refractivity contribution in [3.8, 4) is 5.75 Å². The molecule has 26 heavy (non-hydrogen) atoms. The summed E-state index contributed by atoms with van der Waals surface area (Å²) in [7, 11) is 0.